The van der Waals surface area contributed by atoms with Crippen LogP contribution in [0, 0.1) is 0 Å². The summed E-state index contributed by atoms with van der Waals surface area (Å²) >= 11 is 0. The first-order chi connectivity index (χ1) is 12.7. The summed E-state index contributed by atoms with van der Waals surface area (Å²) in [5, 5.41) is 6.92. The van der Waals surface area contributed by atoms with Crippen LogP contribution in [-0.4, -0.2) is 32.5 Å². The molecule has 26 heavy (non-hydrogen) atoms. The summed E-state index contributed by atoms with van der Waals surface area (Å²) in [7, 11) is 0. The predicted molar refractivity (Wildman–Crippen MR) is 102 cm³/mol. The van der Waals surface area contributed by atoms with E-state index in [0.29, 0.717) is 30.2 Å². The van der Waals surface area contributed by atoms with Crippen LogP contribution in [0.4, 0.5) is 5.82 Å². The number of benzene rings is 1. The van der Waals surface area contributed by atoms with E-state index >= 15 is 0 Å². The van der Waals surface area contributed by atoms with Crippen molar-refractivity contribution < 1.29 is 4.79 Å². The minimum absolute atomic E-state index is 0.0988. The number of pyridine rings is 1. The molecule has 3 aromatic rings. The van der Waals surface area contributed by atoms with Gasteiger partial charge in [-0.1, -0.05) is 43.7 Å². The van der Waals surface area contributed by atoms with Gasteiger partial charge in [0.15, 0.2) is 5.82 Å². The van der Waals surface area contributed by atoms with Gasteiger partial charge < -0.3 is 10.6 Å². The number of hydrogen-bond donors (Lipinski definition) is 2. The van der Waals surface area contributed by atoms with Gasteiger partial charge in [0, 0.05) is 25.5 Å². The molecule has 0 unspecified atom stereocenters. The minimum atomic E-state index is -0.0988. The van der Waals surface area contributed by atoms with Crippen molar-refractivity contribution in [1.29, 1.82) is 0 Å². The third-order valence-electron chi connectivity index (χ3n) is 4.26. The molecular weight excluding hydrogens is 326 g/mol. The molecule has 3 N–H and O–H groups in total. The van der Waals surface area contributed by atoms with Gasteiger partial charge in [-0.15, -0.1) is 0 Å². The smallest absolute Gasteiger partial charge is 0.272 e. The Morgan fingerprint density at radius 2 is 1.88 bits per heavy atom. The highest BCUT2D eigenvalue weighted by atomic mass is 16.2. The summed E-state index contributed by atoms with van der Waals surface area (Å²) < 4.78 is 0. The van der Waals surface area contributed by atoms with E-state index in [9.17, 15) is 4.79 Å². The third-order valence-corrected chi connectivity index (χ3v) is 4.26. The number of H-pyrrole nitrogens is 1. The zero-order chi connectivity index (χ0) is 18.4. The van der Waals surface area contributed by atoms with E-state index in [1.165, 1.54) is 0 Å². The normalized spacial score (nSPS) is 10.7. The lowest BCUT2D eigenvalue weighted by Crippen LogP contribution is -2.32. The Labute approximate surface area is 153 Å². The molecule has 3 rings (SSSR count). The Bertz CT molecular complexity index is 845. The summed E-state index contributed by atoms with van der Waals surface area (Å²) in [6.07, 6.45) is 5.42. The zero-order valence-corrected chi connectivity index (χ0v) is 14.9. The molecule has 0 saturated carbocycles. The molecule has 6 nitrogen and oxygen atoms in total. The molecule has 0 aliphatic heterocycles. The second-order valence-corrected chi connectivity index (χ2v) is 6.16. The average Bonchev–Trinajstić information content (AvgIpc) is 3.07. The van der Waals surface area contributed by atoms with Gasteiger partial charge in [-0.3, -0.25) is 14.9 Å². The molecule has 0 fully saturated rings. The van der Waals surface area contributed by atoms with E-state index in [2.05, 4.69) is 22.1 Å². The Morgan fingerprint density at radius 3 is 2.58 bits per heavy atom. The van der Waals surface area contributed by atoms with Crippen LogP contribution < -0.4 is 5.73 Å². The van der Waals surface area contributed by atoms with Gasteiger partial charge in [0.1, 0.15) is 5.69 Å². The topological polar surface area (TPSA) is 87.9 Å². The van der Waals surface area contributed by atoms with Crippen molar-refractivity contribution in [3.63, 3.8) is 0 Å². The standard InChI is InChI=1S/C20H23N5O/c1-2-3-13-25(14-15-9-11-22-12-10-15)20(26)18-17(19(21)24-23-18)16-7-5-4-6-8-16/h4-12H,2-3,13-14H2,1H3,(H3,21,23,24). The van der Waals surface area contributed by atoms with Crippen LogP contribution in [0.15, 0.2) is 54.9 Å². The number of rotatable bonds is 7. The van der Waals surface area contributed by atoms with Crippen LogP contribution in [0.25, 0.3) is 11.1 Å². The van der Waals surface area contributed by atoms with Crippen molar-refractivity contribution in [2.75, 3.05) is 12.3 Å². The van der Waals surface area contributed by atoms with E-state index in [0.717, 1.165) is 24.0 Å². The average molecular weight is 349 g/mol. The fraction of sp³-hybridized carbons (Fsp3) is 0.250. The second-order valence-electron chi connectivity index (χ2n) is 6.16. The molecule has 0 bridgehead atoms. The summed E-state index contributed by atoms with van der Waals surface area (Å²) in [5.41, 5.74) is 9.05. The van der Waals surface area contributed by atoms with E-state index in [4.69, 9.17) is 5.73 Å². The molecule has 0 spiro atoms. The molecular formula is C20H23N5O. The summed E-state index contributed by atoms with van der Waals surface area (Å²) in [4.78, 5) is 19.1. The van der Waals surface area contributed by atoms with Crippen LogP contribution in [0.5, 0.6) is 0 Å². The number of aromatic amines is 1. The number of nitrogen functional groups attached to an aromatic ring is 1. The number of nitrogens with zero attached hydrogens (tertiary/aromatic N) is 3. The molecule has 0 radical (unpaired) electrons. The Morgan fingerprint density at radius 1 is 1.15 bits per heavy atom. The van der Waals surface area contributed by atoms with Crippen molar-refractivity contribution >= 4 is 11.7 Å². The van der Waals surface area contributed by atoms with Crippen molar-refractivity contribution in [2.45, 2.75) is 26.3 Å². The molecule has 1 aromatic carbocycles. The lowest BCUT2D eigenvalue weighted by Gasteiger charge is -2.22. The van der Waals surface area contributed by atoms with Crippen molar-refractivity contribution in [3.05, 3.63) is 66.1 Å². The van der Waals surface area contributed by atoms with Gasteiger partial charge in [0.2, 0.25) is 0 Å². The predicted octanol–water partition coefficient (Wildman–Crippen LogP) is 3.50. The third kappa shape index (κ3) is 3.91. The second kappa shape index (κ2) is 8.29. The fourth-order valence-electron chi connectivity index (χ4n) is 2.88. The lowest BCUT2D eigenvalue weighted by atomic mass is 10.0. The van der Waals surface area contributed by atoms with Gasteiger partial charge in [0.25, 0.3) is 5.91 Å². The number of anilines is 1. The molecule has 2 aromatic heterocycles. The van der Waals surface area contributed by atoms with Crippen LogP contribution >= 0.6 is 0 Å². The molecule has 0 atom stereocenters. The first-order valence-electron chi connectivity index (χ1n) is 8.78. The number of unbranched alkanes of at least 4 members (excludes halogenated alkanes) is 1. The quantitative estimate of drug-likeness (QED) is 0.683. The number of hydrogen-bond acceptors (Lipinski definition) is 4. The lowest BCUT2D eigenvalue weighted by molar-refractivity contribution is 0.0735. The molecule has 0 aliphatic carbocycles. The van der Waals surface area contributed by atoms with Gasteiger partial charge in [-0.2, -0.15) is 5.10 Å². The fourth-order valence-corrected chi connectivity index (χ4v) is 2.88. The van der Waals surface area contributed by atoms with Gasteiger partial charge in [-0.25, -0.2) is 0 Å². The van der Waals surface area contributed by atoms with Gasteiger partial charge in [0.05, 0.1) is 5.56 Å². The number of carbonyl (C=O) groups excluding carboxylic acids is 1. The van der Waals surface area contributed by atoms with E-state index < -0.39 is 0 Å². The number of nitrogens with two attached hydrogens (primary N) is 1. The summed E-state index contributed by atoms with van der Waals surface area (Å²) in [5.74, 6) is 0.234. The van der Waals surface area contributed by atoms with Crippen molar-refractivity contribution in [1.82, 2.24) is 20.1 Å². The highest BCUT2D eigenvalue weighted by molar-refractivity contribution is 6.01. The molecule has 2 heterocycles. The van der Waals surface area contributed by atoms with Crippen LogP contribution in [0.1, 0.15) is 35.8 Å². The molecule has 0 aliphatic rings. The number of amides is 1. The molecule has 6 heteroatoms. The Hall–Kier alpha value is -3.15. The van der Waals surface area contributed by atoms with Crippen molar-refractivity contribution in [3.8, 4) is 11.1 Å². The maximum absolute atomic E-state index is 13.2. The maximum Gasteiger partial charge on any atom is 0.272 e. The first kappa shape index (κ1) is 17.7. The first-order valence-corrected chi connectivity index (χ1v) is 8.78. The van der Waals surface area contributed by atoms with Crippen LogP contribution in [0.2, 0.25) is 0 Å². The molecule has 0 saturated heterocycles. The van der Waals surface area contributed by atoms with Gasteiger partial charge in [-0.05, 0) is 29.7 Å². The SMILES string of the molecule is CCCCN(Cc1ccncc1)C(=O)c1[nH]nc(N)c1-c1ccccc1. The maximum atomic E-state index is 13.2. The van der Waals surface area contributed by atoms with Gasteiger partial charge >= 0.3 is 0 Å². The van der Waals surface area contributed by atoms with E-state index in [1.807, 2.05) is 47.4 Å². The Kier molecular flexibility index (Phi) is 5.63. The number of nitrogens with one attached hydrogen (secondary N) is 1. The Balaban J connectivity index is 1.92. The molecule has 1 amide bonds. The number of aromatic nitrogens is 3. The van der Waals surface area contributed by atoms with E-state index in [1.54, 1.807) is 12.4 Å². The largest absolute Gasteiger partial charge is 0.382 e. The monoisotopic (exact) mass is 349 g/mol. The zero-order valence-electron chi connectivity index (χ0n) is 14.9. The van der Waals surface area contributed by atoms with Crippen LogP contribution in [0.3, 0.4) is 0 Å². The number of carbonyl (C=O) groups is 1. The summed E-state index contributed by atoms with van der Waals surface area (Å²) in [6, 6.07) is 13.5. The summed E-state index contributed by atoms with van der Waals surface area (Å²) in [6.45, 7) is 3.30. The minimum Gasteiger partial charge on any atom is -0.382 e. The highest BCUT2D eigenvalue weighted by Crippen LogP contribution is 2.28. The van der Waals surface area contributed by atoms with Crippen molar-refractivity contribution in [2.24, 2.45) is 0 Å². The van der Waals surface area contributed by atoms with E-state index in [-0.39, 0.29) is 5.91 Å². The highest BCUT2D eigenvalue weighted by Gasteiger charge is 2.24. The molecule has 134 valence electrons. The van der Waals surface area contributed by atoms with Crippen LogP contribution in [-0.2, 0) is 6.54 Å².